The smallest absolute Gasteiger partial charge is 0.185 e. The van der Waals surface area contributed by atoms with Crippen molar-refractivity contribution >= 4 is 26.7 Å². The summed E-state index contributed by atoms with van der Waals surface area (Å²) in [7, 11) is -3.22. The fraction of sp³-hybridized carbons (Fsp3) is 0.250. The molecule has 0 N–H and O–H groups in total. The molecule has 0 aliphatic carbocycles. The molecule has 1 atom stereocenters. The summed E-state index contributed by atoms with van der Waals surface area (Å²) in [6.07, 6.45) is 5.33. The standard InChI is InChI=1S/C16H16O2S/c1-2-5-15-9-8-14-10-12-6-3-4-7-13(12)11-16(14)19(15,17)18/h3-4,6-11,15H,2,5H2,1H3. The van der Waals surface area contributed by atoms with Gasteiger partial charge in [-0.1, -0.05) is 49.8 Å². The van der Waals surface area contributed by atoms with E-state index in [9.17, 15) is 8.42 Å². The Morgan fingerprint density at radius 3 is 2.47 bits per heavy atom. The average molecular weight is 272 g/mol. The summed E-state index contributed by atoms with van der Waals surface area (Å²) in [5, 5.41) is 1.69. The maximum Gasteiger partial charge on any atom is 0.185 e. The van der Waals surface area contributed by atoms with E-state index in [0.717, 1.165) is 22.8 Å². The zero-order valence-electron chi connectivity index (χ0n) is 10.8. The minimum Gasteiger partial charge on any atom is -0.223 e. The van der Waals surface area contributed by atoms with E-state index in [1.54, 1.807) is 0 Å². The molecule has 0 saturated carbocycles. The predicted octanol–water partition coefficient (Wildman–Crippen LogP) is 3.81. The molecule has 3 heteroatoms. The molecule has 0 aromatic heterocycles. The van der Waals surface area contributed by atoms with E-state index in [-0.39, 0.29) is 5.25 Å². The van der Waals surface area contributed by atoms with Crippen molar-refractivity contribution in [3.8, 4) is 0 Å². The van der Waals surface area contributed by atoms with Gasteiger partial charge in [-0.15, -0.1) is 0 Å². The molecule has 2 nitrogen and oxygen atoms in total. The Balaban J connectivity index is 2.24. The van der Waals surface area contributed by atoms with Gasteiger partial charge in [-0.05, 0) is 34.9 Å². The average Bonchev–Trinajstić information content (AvgIpc) is 2.41. The molecule has 0 amide bonds. The largest absolute Gasteiger partial charge is 0.223 e. The third kappa shape index (κ3) is 1.98. The highest BCUT2D eigenvalue weighted by atomic mass is 32.2. The molecule has 2 aromatic carbocycles. The lowest BCUT2D eigenvalue weighted by molar-refractivity contribution is 0.581. The monoisotopic (exact) mass is 272 g/mol. The summed E-state index contributed by atoms with van der Waals surface area (Å²) in [6.45, 7) is 2.01. The van der Waals surface area contributed by atoms with Gasteiger partial charge in [-0.2, -0.15) is 0 Å². The minimum atomic E-state index is -3.22. The Kier molecular flexibility index (Phi) is 2.94. The van der Waals surface area contributed by atoms with Crippen LogP contribution in [0.25, 0.3) is 16.8 Å². The van der Waals surface area contributed by atoms with Gasteiger partial charge in [0, 0.05) is 0 Å². The van der Waals surface area contributed by atoms with Gasteiger partial charge in [0.05, 0.1) is 10.1 Å². The second kappa shape index (κ2) is 4.49. The zero-order chi connectivity index (χ0) is 13.5. The van der Waals surface area contributed by atoms with Crippen molar-refractivity contribution in [3.63, 3.8) is 0 Å². The maximum absolute atomic E-state index is 12.6. The first-order chi connectivity index (χ1) is 9.13. The van der Waals surface area contributed by atoms with Crippen LogP contribution in [0.2, 0.25) is 0 Å². The maximum atomic E-state index is 12.6. The molecule has 0 bridgehead atoms. The Morgan fingerprint density at radius 2 is 1.79 bits per heavy atom. The van der Waals surface area contributed by atoms with Crippen LogP contribution >= 0.6 is 0 Å². The van der Waals surface area contributed by atoms with E-state index in [4.69, 9.17) is 0 Å². The molecule has 0 spiro atoms. The quantitative estimate of drug-likeness (QED) is 0.833. The lowest BCUT2D eigenvalue weighted by Crippen LogP contribution is -2.22. The molecule has 98 valence electrons. The van der Waals surface area contributed by atoms with E-state index in [1.165, 1.54) is 0 Å². The Hall–Kier alpha value is -1.61. The SMILES string of the molecule is CCCC1C=Cc2cc3ccccc3cc2S1(=O)=O. The number of sulfone groups is 1. The van der Waals surface area contributed by atoms with Gasteiger partial charge in [0.25, 0.3) is 0 Å². The first kappa shape index (κ1) is 12.4. The Labute approximate surface area is 113 Å². The summed E-state index contributed by atoms with van der Waals surface area (Å²) < 4.78 is 25.2. The molecule has 1 unspecified atom stereocenters. The minimum absolute atomic E-state index is 0.369. The van der Waals surface area contributed by atoms with Crippen molar-refractivity contribution in [2.75, 3.05) is 0 Å². The molecule has 19 heavy (non-hydrogen) atoms. The van der Waals surface area contributed by atoms with Crippen molar-refractivity contribution in [1.82, 2.24) is 0 Å². The summed E-state index contributed by atoms with van der Waals surface area (Å²) in [5.74, 6) is 0. The van der Waals surface area contributed by atoms with Gasteiger partial charge in [-0.3, -0.25) is 0 Å². The van der Waals surface area contributed by atoms with Crippen molar-refractivity contribution in [3.05, 3.63) is 48.0 Å². The lowest BCUT2D eigenvalue weighted by Gasteiger charge is -2.20. The van der Waals surface area contributed by atoms with Crippen LogP contribution in [-0.4, -0.2) is 13.7 Å². The highest BCUT2D eigenvalue weighted by molar-refractivity contribution is 7.92. The summed E-state index contributed by atoms with van der Waals surface area (Å²) in [5.41, 5.74) is 0.811. The van der Waals surface area contributed by atoms with Crippen LogP contribution in [0.4, 0.5) is 0 Å². The lowest BCUT2D eigenvalue weighted by atomic mass is 10.1. The van der Waals surface area contributed by atoms with Crippen LogP contribution in [0.5, 0.6) is 0 Å². The molecule has 1 heterocycles. The highest BCUT2D eigenvalue weighted by Gasteiger charge is 2.29. The van der Waals surface area contributed by atoms with Gasteiger partial charge in [0.15, 0.2) is 9.84 Å². The van der Waals surface area contributed by atoms with Gasteiger partial charge < -0.3 is 0 Å². The van der Waals surface area contributed by atoms with Crippen LogP contribution in [0.1, 0.15) is 25.3 Å². The molecule has 0 saturated heterocycles. The second-order valence-electron chi connectivity index (χ2n) is 4.97. The second-order valence-corrected chi connectivity index (χ2v) is 7.10. The first-order valence-electron chi connectivity index (χ1n) is 6.58. The molecule has 1 aliphatic rings. The number of benzene rings is 2. The van der Waals surface area contributed by atoms with E-state index in [2.05, 4.69) is 0 Å². The first-order valence-corrected chi connectivity index (χ1v) is 8.12. The normalized spacial score (nSPS) is 20.4. The van der Waals surface area contributed by atoms with Crippen LogP contribution < -0.4 is 0 Å². The summed E-state index contributed by atoms with van der Waals surface area (Å²) in [4.78, 5) is 0.479. The van der Waals surface area contributed by atoms with Crippen LogP contribution in [0.15, 0.2) is 47.4 Å². The molecule has 0 fully saturated rings. The fourth-order valence-electron chi connectivity index (χ4n) is 2.63. The fourth-order valence-corrected chi connectivity index (χ4v) is 4.53. The van der Waals surface area contributed by atoms with Gasteiger partial charge in [0.1, 0.15) is 0 Å². The number of fused-ring (bicyclic) bond motifs is 2. The number of hydrogen-bond donors (Lipinski definition) is 0. The third-order valence-corrected chi connectivity index (χ3v) is 5.80. The third-order valence-electron chi connectivity index (χ3n) is 3.65. The molecule has 0 radical (unpaired) electrons. The van der Waals surface area contributed by atoms with E-state index in [0.29, 0.717) is 11.3 Å². The summed E-state index contributed by atoms with van der Waals surface area (Å²) >= 11 is 0. The van der Waals surface area contributed by atoms with Gasteiger partial charge in [0.2, 0.25) is 0 Å². The van der Waals surface area contributed by atoms with E-state index in [1.807, 2.05) is 55.5 Å². The molecule has 1 aliphatic heterocycles. The van der Waals surface area contributed by atoms with Crippen molar-refractivity contribution in [2.45, 2.75) is 29.9 Å². The molecule has 2 aromatic rings. The van der Waals surface area contributed by atoms with Crippen molar-refractivity contribution < 1.29 is 8.42 Å². The van der Waals surface area contributed by atoms with Gasteiger partial charge >= 0.3 is 0 Å². The Morgan fingerprint density at radius 1 is 1.11 bits per heavy atom. The zero-order valence-corrected chi connectivity index (χ0v) is 11.7. The van der Waals surface area contributed by atoms with Crippen LogP contribution in [-0.2, 0) is 9.84 Å². The topological polar surface area (TPSA) is 34.1 Å². The number of rotatable bonds is 2. The molecular formula is C16H16O2S. The van der Waals surface area contributed by atoms with Crippen molar-refractivity contribution in [2.24, 2.45) is 0 Å². The molecule has 3 rings (SSSR count). The summed E-state index contributed by atoms with van der Waals surface area (Å²) in [6, 6.07) is 11.6. The number of hydrogen-bond acceptors (Lipinski definition) is 2. The highest BCUT2D eigenvalue weighted by Crippen LogP contribution is 2.32. The Bertz CT molecular complexity index is 757. The van der Waals surface area contributed by atoms with Crippen LogP contribution in [0, 0.1) is 0 Å². The van der Waals surface area contributed by atoms with Crippen molar-refractivity contribution in [1.29, 1.82) is 0 Å². The van der Waals surface area contributed by atoms with E-state index >= 15 is 0 Å². The predicted molar refractivity (Wildman–Crippen MR) is 78.9 cm³/mol. The van der Waals surface area contributed by atoms with Gasteiger partial charge in [-0.25, -0.2) is 8.42 Å². The van der Waals surface area contributed by atoms with Crippen LogP contribution in [0.3, 0.4) is 0 Å². The molecular weight excluding hydrogens is 256 g/mol. The van der Waals surface area contributed by atoms with E-state index < -0.39 is 9.84 Å².